The SMILES string of the molecule is CC(=O)Nc1ccc(C23CC4CC(C2)CC(C25CC6CC(C)(CC(C)(C6)C2)C5)(C4)C3)cc1. The third-order valence-corrected chi connectivity index (χ3v) is 11.6. The number of amides is 1. The van der Waals surface area contributed by atoms with Crippen LogP contribution >= 0.6 is 0 Å². The molecule has 8 fully saturated rings. The molecule has 4 unspecified atom stereocenters. The first-order valence-electron chi connectivity index (χ1n) is 13.5. The van der Waals surface area contributed by atoms with Crippen LogP contribution in [0.25, 0.3) is 0 Å². The minimum absolute atomic E-state index is 0.0234. The topological polar surface area (TPSA) is 29.1 Å². The van der Waals surface area contributed by atoms with Crippen LogP contribution in [0.3, 0.4) is 0 Å². The number of carbonyl (C=O) groups excluding carboxylic acids is 1. The van der Waals surface area contributed by atoms with Crippen molar-refractivity contribution in [2.75, 3.05) is 5.32 Å². The second kappa shape index (κ2) is 6.02. The van der Waals surface area contributed by atoms with Gasteiger partial charge < -0.3 is 5.32 Å². The van der Waals surface area contributed by atoms with Gasteiger partial charge in [-0.05, 0) is 140 Å². The van der Waals surface area contributed by atoms with Crippen molar-refractivity contribution < 1.29 is 4.79 Å². The minimum atomic E-state index is 0.0234. The van der Waals surface area contributed by atoms with E-state index < -0.39 is 0 Å². The van der Waals surface area contributed by atoms with Gasteiger partial charge in [0.25, 0.3) is 0 Å². The monoisotopic (exact) mass is 431 g/mol. The Morgan fingerprint density at radius 3 is 1.91 bits per heavy atom. The highest BCUT2D eigenvalue weighted by molar-refractivity contribution is 5.88. The smallest absolute Gasteiger partial charge is 0.221 e. The van der Waals surface area contributed by atoms with E-state index in [9.17, 15) is 4.79 Å². The highest BCUT2D eigenvalue weighted by Crippen LogP contribution is 2.80. The van der Waals surface area contributed by atoms with E-state index in [1.54, 1.807) is 18.9 Å². The van der Waals surface area contributed by atoms with Crippen LogP contribution in [-0.4, -0.2) is 5.91 Å². The first kappa shape index (κ1) is 20.1. The van der Waals surface area contributed by atoms with E-state index in [2.05, 4.69) is 43.4 Å². The van der Waals surface area contributed by atoms with Gasteiger partial charge in [0, 0.05) is 12.6 Å². The molecule has 1 aromatic rings. The van der Waals surface area contributed by atoms with Crippen molar-refractivity contribution >= 4 is 11.6 Å². The highest BCUT2D eigenvalue weighted by atomic mass is 16.1. The molecule has 1 N–H and O–H groups in total. The molecule has 172 valence electrons. The van der Waals surface area contributed by atoms with E-state index in [1.165, 1.54) is 70.6 Å². The maximum absolute atomic E-state index is 11.5. The van der Waals surface area contributed by atoms with Gasteiger partial charge in [-0.25, -0.2) is 0 Å². The molecule has 0 spiro atoms. The number of benzene rings is 1. The molecule has 2 nitrogen and oxygen atoms in total. The average Bonchev–Trinajstić information content (AvgIpc) is 2.64. The van der Waals surface area contributed by atoms with Gasteiger partial charge in [0.1, 0.15) is 0 Å². The summed E-state index contributed by atoms with van der Waals surface area (Å²) in [5.74, 6) is 2.91. The minimum Gasteiger partial charge on any atom is -0.326 e. The number of nitrogens with one attached hydrogen (secondary N) is 1. The molecule has 0 aliphatic heterocycles. The molecule has 1 amide bonds. The molecule has 2 heteroatoms. The molecule has 8 bridgehead atoms. The fourth-order valence-electron chi connectivity index (χ4n) is 12.4. The van der Waals surface area contributed by atoms with Gasteiger partial charge >= 0.3 is 0 Å². The molecule has 0 aromatic heterocycles. The van der Waals surface area contributed by atoms with Crippen molar-refractivity contribution in [3.63, 3.8) is 0 Å². The Bertz CT molecular complexity index is 943. The summed E-state index contributed by atoms with van der Waals surface area (Å²) in [7, 11) is 0. The van der Waals surface area contributed by atoms with E-state index in [1.807, 2.05) is 0 Å². The maximum Gasteiger partial charge on any atom is 0.221 e. The fraction of sp³-hybridized carbons (Fsp3) is 0.767. The Balaban J connectivity index is 1.28. The van der Waals surface area contributed by atoms with Crippen LogP contribution < -0.4 is 5.32 Å². The molecule has 32 heavy (non-hydrogen) atoms. The normalized spacial score (nSPS) is 52.4. The maximum atomic E-state index is 11.5. The third kappa shape index (κ3) is 2.67. The number of carbonyl (C=O) groups is 1. The zero-order valence-corrected chi connectivity index (χ0v) is 20.4. The first-order valence-corrected chi connectivity index (χ1v) is 13.5. The summed E-state index contributed by atoms with van der Waals surface area (Å²) in [6.45, 7) is 6.94. The summed E-state index contributed by atoms with van der Waals surface area (Å²) < 4.78 is 0. The molecule has 8 aliphatic rings. The van der Waals surface area contributed by atoms with Crippen LogP contribution in [0.1, 0.15) is 103 Å². The second-order valence-corrected chi connectivity index (χ2v) is 14.7. The van der Waals surface area contributed by atoms with Gasteiger partial charge in [0.15, 0.2) is 0 Å². The Labute approximate surface area is 194 Å². The number of anilines is 1. The van der Waals surface area contributed by atoms with Gasteiger partial charge in [-0.3, -0.25) is 4.79 Å². The van der Waals surface area contributed by atoms with Crippen LogP contribution in [-0.2, 0) is 10.2 Å². The van der Waals surface area contributed by atoms with Gasteiger partial charge in [-0.2, -0.15) is 0 Å². The van der Waals surface area contributed by atoms with Crippen LogP contribution in [0.2, 0.25) is 0 Å². The lowest BCUT2D eigenvalue weighted by molar-refractivity contribution is -0.242. The summed E-state index contributed by atoms with van der Waals surface area (Å²) >= 11 is 0. The molecule has 8 saturated carbocycles. The number of rotatable bonds is 3. The lowest BCUT2D eigenvalue weighted by atomic mass is 9.29. The standard InChI is InChI=1S/C30H41NO/c1-20(32)31-25-6-4-24(5-7-25)28-11-21-8-22(12-28)14-29(13-21,19-28)30-15-23-9-26(2,17-30)16-27(3,10-23)18-30/h4-7,21-23H,8-19H2,1-3H3,(H,31,32). The Kier molecular flexibility index (Phi) is 3.78. The summed E-state index contributed by atoms with van der Waals surface area (Å²) in [6, 6.07) is 9.06. The molecule has 0 heterocycles. The summed E-state index contributed by atoms with van der Waals surface area (Å²) in [5.41, 5.74) is 5.36. The van der Waals surface area contributed by atoms with Gasteiger partial charge in [0.2, 0.25) is 5.91 Å². The highest BCUT2D eigenvalue weighted by Gasteiger charge is 2.70. The predicted octanol–water partition coefficient (Wildman–Crippen LogP) is 7.48. The quantitative estimate of drug-likeness (QED) is 0.528. The molecule has 1 aromatic carbocycles. The zero-order chi connectivity index (χ0) is 22.0. The van der Waals surface area contributed by atoms with Crippen molar-refractivity contribution in [3.05, 3.63) is 29.8 Å². The Morgan fingerprint density at radius 1 is 0.750 bits per heavy atom. The van der Waals surface area contributed by atoms with Gasteiger partial charge in [-0.1, -0.05) is 26.0 Å². The average molecular weight is 432 g/mol. The fourth-order valence-corrected chi connectivity index (χ4v) is 12.4. The predicted molar refractivity (Wildman–Crippen MR) is 129 cm³/mol. The molecular weight excluding hydrogens is 390 g/mol. The lowest BCUT2D eigenvalue weighted by Gasteiger charge is -2.75. The van der Waals surface area contributed by atoms with Crippen LogP contribution in [0.5, 0.6) is 0 Å². The van der Waals surface area contributed by atoms with Crippen molar-refractivity contribution in [3.8, 4) is 0 Å². The van der Waals surface area contributed by atoms with Crippen molar-refractivity contribution in [2.24, 2.45) is 39.4 Å². The Morgan fingerprint density at radius 2 is 1.34 bits per heavy atom. The van der Waals surface area contributed by atoms with E-state index in [4.69, 9.17) is 0 Å². The van der Waals surface area contributed by atoms with Crippen molar-refractivity contribution in [1.82, 2.24) is 0 Å². The zero-order valence-electron chi connectivity index (χ0n) is 20.4. The summed E-state index contributed by atoms with van der Waals surface area (Å²) in [6.07, 6.45) is 18.0. The first-order chi connectivity index (χ1) is 15.1. The molecule has 4 atom stereocenters. The van der Waals surface area contributed by atoms with Crippen molar-refractivity contribution in [1.29, 1.82) is 0 Å². The van der Waals surface area contributed by atoms with Crippen molar-refractivity contribution in [2.45, 2.75) is 103 Å². The van der Waals surface area contributed by atoms with Gasteiger partial charge in [-0.15, -0.1) is 0 Å². The van der Waals surface area contributed by atoms with E-state index in [0.717, 1.165) is 23.4 Å². The largest absolute Gasteiger partial charge is 0.326 e. The van der Waals surface area contributed by atoms with E-state index in [0.29, 0.717) is 27.1 Å². The lowest BCUT2D eigenvalue weighted by Crippen LogP contribution is -2.66. The second-order valence-electron chi connectivity index (χ2n) is 14.7. The number of hydrogen-bond donors (Lipinski definition) is 1. The molecule has 0 radical (unpaired) electrons. The van der Waals surface area contributed by atoms with Crippen LogP contribution in [0.4, 0.5) is 5.69 Å². The molecule has 9 rings (SSSR count). The van der Waals surface area contributed by atoms with E-state index >= 15 is 0 Å². The molecule has 0 saturated heterocycles. The number of hydrogen-bond acceptors (Lipinski definition) is 1. The van der Waals surface area contributed by atoms with Crippen LogP contribution in [0, 0.1) is 39.4 Å². The molecule has 8 aliphatic carbocycles. The van der Waals surface area contributed by atoms with Gasteiger partial charge in [0.05, 0.1) is 0 Å². The molecular formula is C30H41NO. The summed E-state index contributed by atoms with van der Waals surface area (Å²) in [4.78, 5) is 11.5. The van der Waals surface area contributed by atoms with E-state index in [-0.39, 0.29) is 5.91 Å². The van der Waals surface area contributed by atoms with Crippen LogP contribution in [0.15, 0.2) is 24.3 Å². The Hall–Kier alpha value is -1.31. The third-order valence-electron chi connectivity index (χ3n) is 11.6. The summed E-state index contributed by atoms with van der Waals surface area (Å²) in [5, 5.41) is 2.97.